The molecule has 5 rings (SSSR count). The van der Waals surface area contributed by atoms with Gasteiger partial charge in [-0.15, -0.1) is 0 Å². The lowest BCUT2D eigenvalue weighted by Gasteiger charge is -2.27. The Kier molecular flexibility index (Phi) is 5.44. The van der Waals surface area contributed by atoms with Crippen LogP contribution in [0.15, 0.2) is 97.2 Å². The van der Waals surface area contributed by atoms with E-state index in [0.717, 1.165) is 39.8 Å². The summed E-state index contributed by atoms with van der Waals surface area (Å²) in [5.41, 5.74) is 4.09. The molecule has 3 aromatic carbocycles. The smallest absolute Gasteiger partial charge is 0.172 e. The Balaban J connectivity index is 1.60. The van der Waals surface area contributed by atoms with Gasteiger partial charge in [-0.05, 0) is 36.0 Å². The van der Waals surface area contributed by atoms with E-state index in [1.807, 2.05) is 60.7 Å². The lowest BCUT2D eigenvalue weighted by Crippen LogP contribution is -2.42. The van der Waals surface area contributed by atoms with Crippen molar-refractivity contribution in [1.82, 2.24) is 20.2 Å². The van der Waals surface area contributed by atoms with Crippen molar-refractivity contribution in [3.05, 3.63) is 103 Å². The van der Waals surface area contributed by atoms with Gasteiger partial charge in [-0.3, -0.25) is 4.57 Å². The van der Waals surface area contributed by atoms with Crippen LogP contribution < -0.4 is 15.4 Å². The first-order chi connectivity index (χ1) is 15.7. The number of nitrogens with zero attached hydrogens (tertiary/aromatic N) is 2. The van der Waals surface area contributed by atoms with E-state index in [4.69, 9.17) is 21.9 Å². The van der Waals surface area contributed by atoms with E-state index in [2.05, 4.69) is 51.7 Å². The van der Waals surface area contributed by atoms with Crippen LogP contribution in [0.2, 0.25) is 0 Å². The number of imidazole rings is 1. The summed E-state index contributed by atoms with van der Waals surface area (Å²) in [4.78, 5) is 4.97. The highest BCUT2D eigenvalue weighted by Gasteiger charge is 2.22. The summed E-state index contributed by atoms with van der Waals surface area (Å²) in [6.07, 6.45) is 4.18. The maximum Gasteiger partial charge on any atom is 0.172 e. The molecule has 0 amide bonds. The molecule has 0 bridgehead atoms. The fourth-order valence-corrected chi connectivity index (χ4v) is 4.00. The number of thiocarbonyl (C=S) groups is 1. The van der Waals surface area contributed by atoms with Crippen molar-refractivity contribution in [3.8, 4) is 28.4 Å². The summed E-state index contributed by atoms with van der Waals surface area (Å²) in [5, 5.41) is 7.21. The Morgan fingerprint density at radius 3 is 2.19 bits per heavy atom. The van der Waals surface area contributed by atoms with E-state index >= 15 is 0 Å². The molecule has 1 aromatic heterocycles. The number of nitrogens with one attached hydrogen (secondary N) is 2. The molecule has 1 aliphatic rings. The Hall–Kier alpha value is -3.90. The second-order valence-electron chi connectivity index (χ2n) is 7.45. The summed E-state index contributed by atoms with van der Waals surface area (Å²) in [7, 11) is 1.67. The van der Waals surface area contributed by atoms with Gasteiger partial charge in [0.15, 0.2) is 5.11 Å². The third-order valence-corrected chi connectivity index (χ3v) is 5.61. The molecule has 0 saturated carbocycles. The monoisotopic (exact) mass is 438 g/mol. The Labute approximate surface area is 192 Å². The molecule has 2 heterocycles. The minimum absolute atomic E-state index is 0.0733. The highest BCUT2D eigenvalue weighted by atomic mass is 32.1. The molecule has 32 heavy (non-hydrogen) atoms. The molecule has 2 N–H and O–H groups in total. The summed E-state index contributed by atoms with van der Waals surface area (Å²) in [6, 6.07) is 28.3. The summed E-state index contributed by atoms with van der Waals surface area (Å²) < 4.78 is 7.36. The van der Waals surface area contributed by atoms with Gasteiger partial charge in [0.25, 0.3) is 0 Å². The molecule has 6 heteroatoms. The molecule has 0 spiro atoms. The second kappa shape index (κ2) is 8.69. The standard InChI is InChI=1S/C26H22N4OS/c1-31-21-14-12-19(13-15-21)22-16-24(29-26(32)28-22)30-17-23(18-8-4-2-5-9-18)27-25(30)20-10-6-3-7-11-20/h2-17,22H,1H3,(H2,28,29,32). The average Bonchev–Trinajstić information content (AvgIpc) is 3.31. The Morgan fingerprint density at radius 1 is 0.875 bits per heavy atom. The molecule has 1 unspecified atom stereocenters. The van der Waals surface area contributed by atoms with Gasteiger partial charge in [-0.1, -0.05) is 72.8 Å². The highest BCUT2D eigenvalue weighted by Crippen LogP contribution is 2.29. The third-order valence-electron chi connectivity index (χ3n) is 5.39. The first-order valence-corrected chi connectivity index (χ1v) is 10.8. The van der Waals surface area contributed by atoms with Crippen LogP contribution in [-0.2, 0) is 0 Å². The summed E-state index contributed by atoms with van der Waals surface area (Å²) in [6.45, 7) is 0. The van der Waals surface area contributed by atoms with Crippen molar-refractivity contribution < 1.29 is 4.74 Å². The van der Waals surface area contributed by atoms with Crippen LogP contribution in [0, 0.1) is 0 Å². The van der Waals surface area contributed by atoms with E-state index in [-0.39, 0.29) is 6.04 Å². The highest BCUT2D eigenvalue weighted by molar-refractivity contribution is 7.80. The largest absolute Gasteiger partial charge is 0.497 e. The molecule has 4 aromatic rings. The van der Waals surface area contributed by atoms with Gasteiger partial charge in [0, 0.05) is 17.3 Å². The van der Waals surface area contributed by atoms with Crippen molar-refractivity contribution in [2.24, 2.45) is 0 Å². The van der Waals surface area contributed by atoms with Crippen LogP contribution in [-0.4, -0.2) is 21.8 Å². The van der Waals surface area contributed by atoms with Gasteiger partial charge in [0.05, 0.1) is 18.8 Å². The predicted molar refractivity (Wildman–Crippen MR) is 132 cm³/mol. The minimum Gasteiger partial charge on any atom is -0.497 e. The van der Waals surface area contributed by atoms with Crippen LogP contribution in [0.5, 0.6) is 5.75 Å². The molecular weight excluding hydrogens is 416 g/mol. The van der Waals surface area contributed by atoms with Gasteiger partial charge >= 0.3 is 0 Å². The summed E-state index contributed by atoms with van der Waals surface area (Å²) >= 11 is 5.55. The molecule has 1 atom stereocenters. The quantitative estimate of drug-likeness (QED) is 0.417. The van der Waals surface area contributed by atoms with Gasteiger partial charge < -0.3 is 15.4 Å². The molecule has 0 fully saturated rings. The first-order valence-electron chi connectivity index (χ1n) is 10.3. The van der Waals surface area contributed by atoms with Gasteiger partial charge in [-0.25, -0.2) is 4.98 Å². The van der Waals surface area contributed by atoms with Crippen molar-refractivity contribution in [1.29, 1.82) is 0 Å². The maximum absolute atomic E-state index is 5.55. The van der Waals surface area contributed by atoms with Crippen LogP contribution in [0.3, 0.4) is 0 Å². The number of hydrogen-bond donors (Lipinski definition) is 2. The van der Waals surface area contributed by atoms with E-state index in [1.165, 1.54) is 0 Å². The van der Waals surface area contributed by atoms with Gasteiger partial charge in [0.1, 0.15) is 17.4 Å². The van der Waals surface area contributed by atoms with Gasteiger partial charge in [0.2, 0.25) is 0 Å². The van der Waals surface area contributed by atoms with Crippen LogP contribution in [0.4, 0.5) is 0 Å². The van der Waals surface area contributed by atoms with Crippen molar-refractivity contribution >= 4 is 23.2 Å². The normalized spacial score (nSPS) is 15.5. The summed E-state index contributed by atoms with van der Waals surface area (Å²) in [5.74, 6) is 2.53. The fraction of sp³-hybridized carbons (Fsp3) is 0.0769. The van der Waals surface area contributed by atoms with E-state index in [0.29, 0.717) is 5.11 Å². The zero-order valence-corrected chi connectivity index (χ0v) is 18.3. The predicted octanol–water partition coefficient (Wildman–Crippen LogP) is 5.24. The fourth-order valence-electron chi connectivity index (χ4n) is 3.77. The lowest BCUT2D eigenvalue weighted by atomic mass is 10.1. The lowest BCUT2D eigenvalue weighted by molar-refractivity contribution is 0.414. The SMILES string of the molecule is COc1ccc(C2C=C(n3cc(-c4ccccc4)nc3-c3ccccc3)NC(=S)N2)cc1. The molecule has 0 saturated heterocycles. The minimum atomic E-state index is -0.0733. The molecule has 0 aliphatic carbocycles. The number of ether oxygens (including phenoxy) is 1. The number of methoxy groups -OCH3 is 1. The van der Waals surface area contributed by atoms with Crippen LogP contribution >= 0.6 is 12.2 Å². The topological polar surface area (TPSA) is 51.1 Å². The first kappa shape index (κ1) is 20.0. The number of hydrogen-bond acceptors (Lipinski definition) is 3. The van der Waals surface area contributed by atoms with E-state index in [1.54, 1.807) is 7.11 Å². The molecule has 5 nitrogen and oxygen atoms in total. The van der Waals surface area contributed by atoms with E-state index < -0.39 is 0 Å². The zero-order valence-electron chi connectivity index (χ0n) is 17.5. The van der Waals surface area contributed by atoms with Gasteiger partial charge in [-0.2, -0.15) is 0 Å². The maximum atomic E-state index is 5.55. The van der Waals surface area contributed by atoms with Crippen molar-refractivity contribution in [2.75, 3.05) is 7.11 Å². The number of aromatic nitrogens is 2. The number of benzene rings is 3. The molecule has 1 aliphatic heterocycles. The Morgan fingerprint density at radius 2 is 1.53 bits per heavy atom. The second-order valence-corrected chi connectivity index (χ2v) is 7.86. The zero-order chi connectivity index (χ0) is 21.9. The van der Waals surface area contributed by atoms with E-state index in [9.17, 15) is 0 Å². The Bertz CT molecular complexity index is 1260. The molecule has 0 radical (unpaired) electrons. The average molecular weight is 439 g/mol. The van der Waals surface area contributed by atoms with Crippen LogP contribution in [0.1, 0.15) is 11.6 Å². The van der Waals surface area contributed by atoms with Crippen molar-refractivity contribution in [3.63, 3.8) is 0 Å². The third kappa shape index (κ3) is 4.00. The molecular formula is C26H22N4OS. The molecule has 158 valence electrons. The number of rotatable bonds is 5. The van der Waals surface area contributed by atoms with Crippen LogP contribution in [0.25, 0.3) is 28.5 Å². The van der Waals surface area contributed by atoms with Crippen molar-refractivity contribution in [2.45, 2.75) is 6.04 Å².